The molecule has 1 aromatic heterocycles. The van der Waals surface area contributed by atoms with Gasteiger partial charge in [0.15, 0.2) is 0 Å². The van der Waals surface area contributed by atoms with Crippen LogP contribution in [0.4, 0.5) is 10.5 Å². The number of rotatable bonds is 3. The lowest BCUT2D eigenvalue weighted by Gasteiger charge is -2.09. The molecule has 4 heteroatoms. The maximum Gasteiger partial charge on any atom is 0.411 e. The molecule has 15 heavy (non-hydrogen) atoms. The van der Waals surface area contributed by atoms with Crippen molar-refractivity contribution in [3.8, 4) is 0 Å². The van der Waals surface area contributed by atoms with Crippen molar-refractivity contribution < 1.29 is 9.53 Å². The first-order chi connectivity index (χ1) is 7.09. The number of hydrogen-bond donors (Lipinski definition) is 1. The van der Waals surface area contributed by atoms with Crippen LogP contribution in [-0.2, 0) is 4.74 Å². The molecule has 1 aromatic rings. The molecule has 0 saturated heterocycles. The fourth-order valence-corrected chi connectivity index (χ4v) is 0.983. The van der Waals surface area contributed by atoms with Gasteiger partial charge in [-0.05, 0) is 24.5 Å². The average molecular weight is 208 g/mol. The standard InChI is InChI=1S/C11H16N2O2/c1-8(2)7-15-11(14)13-10-6-12-5-4-9(10)3/h4-6,8H,7H2,1-3H3,(H,13,14). The van der Waals surface area contributed by atoms with Crippen LogP contribution in [0.1, 0.15) is 19.4 Å². The van der Waals surface area contributed by atoms with Crippen molar-refractivity contribution in [3.63, 3.8) is 0 Å². The minimum atomic E-state index is -0.431. The van der Waals surface area contributed by atoms with Crippen LogP contribution in [-0.4, -0.2) is 17.7 Å². The van der Waals surface area contributed by atoms with E-state index in [0.29, 0.717) is 18.2 Å². The van der Waals surface area contributed by atoms with E-state index in [0.717, 1.165) is 5.56 Å². The maximum atomic E-state index is 11.3. The SMILES string of the molecule is Cc1ccncc1NC(=O)OCC(C)C. The van der Waals surface area contributed by atoms with Crippen molar-refractivity contribution in [2.24, 2.45) is 5.92 Å². The summed E-state index contributed by atoms with van der Waals surface area (Å²) in [6.45, 7) is 6.30. The molecule has 4 nitrogen and oxygen atoms in total. The normalized spacial score (nSPS) is 10.1. The first-order valence-corrected chi connectivity index (χ1v) is 4.94. The lowest BCUT2D eigenvalue weighted by molar-refractivity contribution is 0.147. The highest BCUT2D eigenvalue weighted by molar-refractivity contribution is 5.85. The molecule has 1 rings (SSSR count). The van der Waals surface area contributed by atoms with Gasteiger partial charge >= 0.3 is 6.09 Å². The molecule has 0 spiro atoms. The zero-order chi connectivity index (χ0) is 11.3. The topological polar surface area (TPSA) is 51.2 Å². The van der Waals surface area contributed by atoms with Crippen LogP contribution >= 0.6 is 0 Å². The fraction of sp³-hybridized carbons (Fsp3) is 0.455. The molecule has 0 unspecified atom stereocenters. The third kappa shape index (κ3) is 3.97. The van der Waals surface area contributed by atoms with Crippen LogP contribution in [0, 0.1) is 12.8 Å². The molecule has 0 aliphatic heterocycles. The Hall–Kier alpha value is -1.58. The molecule has 0 aliphatic carbocycles. The second-order valence-electron chi connectivity index (χ2n) is 3.81. The summed E-state index contributed by atoms with van der Waals surface area (Å²) in [4.78, 5) is 15.2. The zero-order valence-corrected chi connectivity index (χ0v) is 9.28. The van der Waals surface area contributed by atoms with Crippen LogP contribution < -0.4 is 5.32 Å². The summed E-state index contributed by atoms with van der Waals surface area (Å²) in [7, 11) is 0. The number of aryl methyl sites for hydroxylation is 1. The molecule has 0 fully saturated rings. The second kappa shape index (κ2) is 5.34. The predicted octanol–water partition coefficient (Wildman–Crippen LogP) is 2.59. The van der Waals surface area contributed by atoms with Crippen molar-refractivity contribution >= 4 is 11.8 Å². The third-order valence-electron chi connectivity index (χ3n) is 1.82. The highest BCUT2D eigenvalue weighted by Gasteiger charge is 2.05. The van der Waals surface area contributed by atoms with E-state index in [1.807, 2.05) is 26.8 Å². The van der Waals surface area contributed by atoms with E-state index in [-0.39, 0.29) is 0 Å². The molecule has 0 aromatic carbocycles. The van der Waals surface area contributed by atoms with Crippen molar-refractivity contribution in [2.75, 3.05) is 11.9 Å². The van der Waals surface area contributed by atoms with Gasteiger partial charge in [-0.1, -0.05) is 13.8 Å². The number of hydrogen-bond acceptors (Lipinski definition) is 3. The molecule has 0 radical (unpaired) electrons. The summed E-state index contributed by atoms with van der Waals surface area (Å²) in [5, 5.41) is 2.64. The Morgan fingerprint density at radius 2 is 2.33 bits per heavy atom. The minimum Gasteiger partial charge on any atom is -0.449 e. The Morgan fingerprint density at radius 3 is 2.93 bits per heavy atom. The molecule has 0 atom stereocenters. The van der Waals surface area contributed by atoms with E-state index >= 15 is 0 Å². The second-order valence-corrected chi connectivity index (χ2v) is 3.81. The first kappa shape index (κ1) is 11.5. The van der Waals surface area contributed by atoms with Gasteiger partial charge < -0.3 is 4.74 Å². The average Bonchev–Trinajstić information content (AvgIpc) is 2.18. The number of anilines is 1. The summed E-state index contributed by atoms with van der Waals surface area (Å²) in [6, 6.07) is 1.83. The number of ether oxygens (including phenoxy) is 1. The Kier molecular flexibility index (Phi) is 4.09. The number of nitrogens with one attached hydrogen (secondary N) is 1. The lowest BCUT2D eigenvalue weighted by atomic mass is 10.2. The Balaban J connectivity index is 2.48. The van der Waals surface area contributed by atoms with Crippen molar-refractivity contribution in [1.29, 1.82) is 0 Å². The highest BCUT2D eigenvalue weighted by Crippen LogP contribution is 2.11. The highest BCUT2D eigenvalue weighted by atomic mass is 16.5. The van der Waals surface area contributed by atoms with Gasteiger partial charge in [-0.25, -0.2) is 4.79 Å². The van der Waals surface area contributed by atoms with Gasteiger partial charge in [0.2, 0.25) is 0 Å². The van der Waals surface area contributed by atoms with Crippen LogP contribution in [0.2, 0.25) is 0 Å². The number of carbonyl (C=O) groups excluding carboxylic acids is 1. The van der Waals surface area contributed by atoms with E-state index < -0.39 is 6.09 Å². The maximum absolute atomic E-state index is 11.3. The van der Waals surface area contributed by atoms with E-state index in [1.165, 1.54) is 0 Å². The summed E-state index contributed by atoms with van der Waals surface area (Å²) in [6.07, 6.45) is 2.85. The molecular formula is C11H16N2O2. The number of nitrogens with zero attached hydrogens (tertiary/aromatic N) is 1. The first-order valence-electron chi connectivity index (χ1n) is 4.94. The molecule has 1 heterocycles. The van der Waals surface area contributed by atoms with Crippen molar-refractivity contribution in [1.82, 2.24) is 4.98 Å². The number of amides is 1. The Bertz CT molecular complexity index is 337. The largest absolute Gasteiger partial charge is 0.449 e. The lowest BCUT2D eigenvalue weighted by Crippen LogP contribution is -2.17. The van der Waals surface area contributed by atoms with E-state index in [1.54, 1.807) is 12.4 Å². The van der Waals surface area contributed by atoms with Gasteiger partial charge in [-0.2, -0.15) is 0 Å². The van der Waals surface area contributed by atoms with E-state index in [2.05, 4.69) is 10.3 Å². The van der Waals surface area contributed by atoms with E-state index in [9.17, 15) is 4.79 Å². The van der Waals surface area contributed by atoms with Crippen LogP contribution in [0.25, 0.3) is 0 Å². The number of carbonyl (C=O) groups is 1. The van der Waals surface area contributed by atoms with Gasteiger partial charge in [-0.3, -0.25) is 10.3 Å². The van der Waals surface area contributed by atoms with Crippen molar-refractivity contribution in [3.05, 3.63) is 24.0 Å². The van der Waals surface area contributed by atoms with Crippen LogP contribution in [0.5, 0.6) is 0 Å². The Labute approximate surface area is 89.7 Å². The fourth-order valence-electron chi connectivity index (χ4n) is 0.983. The summed E-state index contributed by atoms with van der Waals surface area (Å²) >= 11 is 0. The van der Waals surface area contributed by atoms with Gasteiger partial charge in [0.25, 0.3) is 0 Å². The minimum absolute atomic E-state index is 0.339. The molecule has 0 saturated carbocycles. The zero-order valence-electron chi connectivity index (χ0n) is 9.28. The summed E-state index contributed by atoms with van der Waals surface area (Å²) < 4.78 is 4.98. The molecular weight excluding hydrogens is 192 g/mol. The molecule has 82 valence electrons. The summed E-state index contributed by atoms with van der Waals surface area (Å²) in [5.41, 5.74) is 1.65. The van der Waals surface area contributed by atoms with Crippen LogP contribution in [0.15, 0.2) is 18.5 Å². The smallest absolute Gasteiger partial charge is 0.411 e. The number of pyridine rings is 1. The van der Waals surface area contributed by atoms with Gasteiger partial charge in [0.1, 0.15) is 0 Å². The summed E-state index contributed by atoms with van der Waals surface area (Å²) in [5.74, 6) is 0.339. The molecule has 1 amide bonds. The third-order valence-corrected chi connectivity index (χ3v) is 1.82. The van der Waals surface area contributed by atoms with E-state index in [4.69, 9.17) is 4.74 Å². The Morgan fingerprint density at radius 1 is 1.60 bits per heavy atom. The van der Waals surface area contributed by atoms with Crippen LogP contribution in [0.3, 0.4) is 0 Å². The van der Waals surface area contributed by atoms with Crippen molar-refractivity contribution in [2.45, 2.75) is 20.8 Å². The molecule has 0 bridgehead atoms. The van der Waals surface area contributed by atoms with Gasteiger partial charge in [0, 0.05) is 6.20 Å². The molecule has 0 aliphatic rings. The quantitative estimate of drug-likeness (QED) is 0.830. The van der Waals surface area contributed by atoms with Gasteiger partial charge in [0.05, 0.1) is 18.5 Å². The monoisotopic (exact) mass is 208 g/mol. The number of aromatic nitrogens is 1. The predicted molar refractivity (Wildman–Crippen MR) is 58.8 cm³/mol. The molecule has 1 N–H and O–H groups in total. The van der Waals surface area contributed by atoms with Gasteiger partial charge in [-0.15, -0.1) is 0 Å².